The van der Waals surface area contributed by atoms with Crippen molar-refractivity contribution in [3.63, 3.8) is 0 Å². The summed E-state index contributed by atoms with van der Waals surface area (Å²) in [7, 11) is 13.7. The summed E-state index contributed by atoms with van der Waals surface area (Å²) in [5, 5.41) is 2.71. The molecular weight excluding hydrogens is 493 g/mol. The SMILES string of the molecule is CCC(=Cc1sc2ccccc2[n+]1CCC[N+](C)(C)C)C=C1Sc2ccccc2N1CCC[N+](C)(C)C. The van der Waals surface area contributed by atoms with Crippen LogP contribution in [0.4, 0.5) is 5.69 Å². The van der Waals surface area contributed by atoms with Crippen LogP contribution < -0.4 is 9.47 Å². The number of allylic oxidation sites excluding steroid dienone is 2. The first-order valence-corrected chi connectivity index (χ1v) is 15.2. The van der Waals surface area contributed by atoms with Gasteiger partial charge in [-0.3, -0.25) is 0 Å². The van der Waals surface area contributed by atoms with Gasteiger partial charge >= 0.3 is 0 Å². The minimum absolute atomic E-state index is 1.00. The van der Waals surface area contributed by atoms with Gasteiger partial charge in [-0.2, -0.15) is 4.57 Å². The predicted molar refractivity (Wildman–Crippen MR) is 163 cm³/mol. The average Bonchev–Trinajstić information content (AvgIpc) is 3.35. The summed E-state index contributed by atoms with van der Waals surface area (Å²) < 4.78 is 5.91. The lowest BCUT2D eigenvalue weighted by atomic mass is 10.2. The molecule has 0 saturated heterocycles. The lowest BCUT2D eigenvalue weighted by Gasteiger charge is -2.26. The zero-order valence-electron chi connectivity index (χ0n) is 23.8. The molecule has 0 amide bonds. The molecule has 1 aliphatic heterocycles. The van der Waals surface area contributed by atoms with E-state index in [2.05, 4.69) is 119 Å². The number of anilines is 1. The van der Waals surface area contributed by atoms with E-state index in [-0.39, 0.29) is 0 Å². The minimum Gasteiger partial charge on any atom is -0.335 e. The zero-order valence-corrected chi connectivity index (χ0v) is 25.5. The molecule has 0 radical (unpaired) electrons. The fourth-order valence-corrected chi connectivity index (χ4v) is 7.08. The molecule has 0 atom stereocenters. The van der Waals surface area contributed by atoms with Gasteiger partial charge in [0.25, 0.3) is 5.01 Å². The Balaban J connectivity index is 1.65. The van der Waals surface area contributed by atoms with Crippen LogP contribution in [0.2, 0.25) is 0 Å². The van der Waals surface area contributed by atoms with Crippen LogP contribution in [0.15, 0.2) is 70.1 Å². The second-order valence-electron chi connectivity index (χ2n) is 12.1. The van der Waals surface area contributed by atoms with E-state index in [4.69, 9.17) is 0 Å². The van der Waals surface area contributed by atoms with Crippen LogP contribution in [-0.2, 0) is 6.54 Å². The summed E-state index contributed by atoms with van der Waals surface area (Å²) in [6.45, 7) is 6.72. The fourth-order valence-electron chi connectivity index (χ4n) is 4.75. The average molecular weight is 538 g/mol. The smallest absolute Gasteiger partial charge is 0.263 e. The van der Waals surface area contributed by atoms with E-state index >= 15 is 0 Å². The van der Waals surface area contributed by atoms with E-state index < -0.39 is 0 Å². The van der Waals surface area contributed by atoms with Gasteiger partial charge in [-0.05, 0) is 36.3 Å². The van der Waals surface area contributed by atoms with Crippen LogP contribution in [0.25, 0.3) is 16.3 Å². The van der Waals surface area contributed by atoms with Gasteiger partial charge in [0.15, 0.2) is 6.54 Å². The van der Waals surface area contributed by atoms with E-state index in [1.165, 1.54) is 62.3 Å². The third kappa shape index (κ3) is 7.47. The van der Waals surface area contributed by atoms with Gasteiger partial charge in [-0.15, -0.1) is 0 Å². The van der Waals surface area contributed by atoms with E-state index in [1.54, 1.807) is 0 Å². The van der Waals surface area contributed by atoms with Crippen molar-refractivity contribution in [3.05, 3.63) is 70.2 Å². The molecule has 4 rings (SSSR count). The highest BCUT2D eigenvalue weighted by atomic mass is 32.2. The highest BCUT2D eigenvalue weighted by Gasteiger charge is 2.26. The van der Waals surface area contributed by atoms with Crippen LogP contribution >= 0.6 is 23.1 Å². The van der Waals surface area contributed by atoms with Crippen molar-refractivity contribution in [2.75, 3.05) is 66.8 Å². The van der Waals surface area contributed by atoms with Gasteiger partial charge in [-0.1, -0.05) is 54.3 Å². The Kier molecular flexibility index (Phi) is 8.85. The maximum atomic E-state index is 2.54. The van der Waals surface area contributed by atoms with Gasteiger partial charge in [0.05, 0.1) is 72.5 Å². The van der Waals surface area contributed by atoms with Crippen molar-refractivity contribution in [3.8, 4) is 0 Å². The molecule has 0 fully saturated rings. The van der Waals surface area contributed by atoms with Gasteiger partial charge in [0.2, 0.25) is 5.52 Å². The first kappa shape index (κ1) is 27.9. The van der Waals surface area contributed by atoms with Crippen LogP contribution in [0, 0.1) is 0 Å². The minimum atomic E-state index is 1.00. The standard InChI is InChI=1S/C31H45N4S2/c1-8-25(23-30-32(19-13-21-34(2,3)4)26-15-9-11-17-28(26)36-30)24-31-33(20-14-22-35(5,6)7)27-16-10-12-18-29(27)37-31/h9-12,15-18,23-24H,8,13-14,19-22H2,1-7H3/q+3. The molecule has 0 bridgehead atoms. The van der Waals surface area contributed by atoms with Crippen LogP contribution in [0.3, 0.4) is 0 Å². The molecule has 2 aromatic carbocycles. The highest BCUT2D eigenvalue weighted by Crippen LogP contribution is 2.46. The summed E-state index contributed by atoms with van der Waals surface area (Å²) in [5.41, 5.74) is 4.10. The Labute approximate surface area is 232 Å². The summed E-state index contributed by atoms with van der Waals surface area (Å²) in [4.78, 5) is 3.91. The number of quaternary nitrogens is 2. The maximum absolute atomic E-state index is 2.54. The van der Waals surface area contributed by atoms with Crippen molar-refractivity contribution in [2.45, 2.75) is 37.6 Å². The van der Waals surface area contributed by atoms with Gasteiger partial charge in [-0.25, -0.2) is 0 Å². The first-order chi connectivity index (χ1) is 17.5. The second-order valence-corrected chi connectivity index (χ2v) is 14.2. The summed E-state index contributed by atoms with van der Waals surface area (Å²) in [6.07, 6.45) is 8.24. The van der Waals surface area contributed by atoms with Crippen molar-refractivity contribution < 1.29 is 13.5 Å². The highest BCUT2D eigenvalue weighted by molar-refractivity contribution is 8.03. The topological polar surface area (TPSA) is 7.12 Å². The number of fused-ring (bicyclic) bond motifs is 2. The van der Waals surface area contributed by atoms with Crippen LogP contribution in [0.5, 0.6) is 0 Å². The molecule has 0 N–H and O–H groups in total. The number of thioether (sulfide) groups is 1. The Hall–Kier alpha value is -2.12. The molecular formula is C31H45N4S2+3. The van der Waals surface area contributed by atoms with Crippen LogP contribution in [0.1, 0.15) is 31.2 Å². The maximum Gasteiger partial charge on any atom is 0.263 e. The van der Waals surface area contributed by atoms with Crippen LogP contribution in [-0.4, -0.2) is 70.9 Å². The van der Waals surface area contributed by atoms with Crippen molar-refractivity contribution >= 4 is 45.1 Å². The molecule has 198 valence electrons. The monoisotopic (exact) mass is 537 g/mol. The van der Waals surface area contributed by atoms with Gasteiger partial charge < -0.3 is 13.9 Å². The fraction of sp³-hybridized carbons (Fsp3) is 0.452. The third-order valence-corrected chi connectivity index (χ3v) is 8.95. The number of rotatable bonds is 11. The Morgan fingerprint density at radius 3 is 2.30 bits per heavy atom. The van der Waals surface area contributed by atoms with Crippen molar-refractivity contribution in [1.29, 1.82) is 0 Å². The summed E-state index contributed by atoms with van der Waals surface area (Å²) in [6, 6.07) is 17.7. The largest absolute Gasteiger partial charge is 0.335 e. The van der Waals surface area contributed by atoms with E-state index in [1.807, 2.05) is 23.1 Å². The van der Waals surface area contributed by atoms with E-state index in [0.29, 0.717) is 0 Å². The summed E-state index contributed by atoms with van der Waals surface area (Å²) in [5.74, 6) is 0. The van der Waals surface area contributed by atoms with Gasteiger partial charge in [0.1, 0.15) is 4.70 Å². The lowest BCUT2D eigenvalue weighted by Crippen LogP contribution is -2.40. The number of hydrogen-bond donors (Lipinski definition) is 0. The molecule has 4 nitrogen and oxygen atoms in total. The molecule has 6 heteroatoms. The Morgan fingerprint density at radius 2 is 1.57 bits per heavy atom. The number of thiazole rings is 1. The number of benzene rings is 2. The molecule has 0 saturated carbocycles. The van der Waals surface area contributed by atoms with Crippen molar-refractivity contribution in [2.24, 2.45) is 0 Å². The van der Waals surface area contributed by atoms with Gasteiger partial charge in [0, 0.05) is 30.0 Å². The molecule has 0 unspecified atom stereocenters. The molecule has 37 heavy (non-hydrogen) atoms. The molecule has 0 aliphatic carbocycles. The number of nitrogens with zero attached hydrogens (tertiary/aromatic N) is 4. The number of para-hydroxylation sites is 2. The normalized spacial score (nSPS) is 15.7. The number of aryl methyl sites for hydroxylation is 1. The quantitative estimate of drug-likeness (QED) is 0.200. The predicted octanol–water partition coefficient (Wildman–Crippen LogP) is 6.63. The molecule has 1 aliphatic rings. The third-order valence-electron chi connectivity index (χ3n) is 6.72. The number of aromatic nitrogens is 1. The Morgan fingerprint density at radius 1 is 0.892 bits per heavy atom. The zero-order chi connectivity index (χ0) is 26.6. The molecule has 1 aromatic heterocycles. The number of hydrogen-bond acceptors (Lipinski definition) is 3. The molecule has 0 spiro atoms. The second kappa shape index (κ2) is 11.7. The molecule has 2 heterocycles. The van der Waals surface area contributed by atoms with E-state index in [9.17, 15) is 0 Å². The van der Waals surface area contributed by atoms with E-state index in [0.717, 1.165) is 28.5 Å². The summed E-state index contributed by atoms with van der Waals surface area (Å²) >= 11 is 3.84. The van der Waals surface area contributed by atoms with Crippen molar-refractivity contribution in [1.82, 2.24) is 0 Å². The lowest BCUT2D eigenvalue weighted by molar-refractivity contribution is -0.873. The Bertz CT molecular complexity index is 1270. The molecule has 3 aromatic rings. The first-order valence-electron chi connectivity index (χ1n) is 13.5.